The van der Waals surface area contributed by atoms with Gasteiger partial charge in [-0.1, -0.05) is 36.4 Å². The summed E-state index contributed by atoms with van der Waals surface area (Å²) >= 11 is 1.27. The van der Waals surface area contributed by atoms with Crippen LogP contribution < -0.4 is 16.0 Å². The van der Waals surface area contributed by atoms with Crippen LogP contribution in [0.2, 0.25) is 0 Å². The van der Waals surface area contributed by atoms with Gasteiger partial charge in [-0.05, 0) is 72.8 Å². The molecule has 0 bridgehead atoms. The minimum absolute atomic E-state index is 0.105. The van der Waals surface area contributed by atoms with Crippen LogP contribution in [-0.4, -0.2) is 34.6 Å². The Morgan fingerprint density at radius 1 is 0.732 bits per heavy atom. The van der Waals surface area contributed by atoms with Crippen molar-refractivity contribution in [3.05, 3.63) is 131 Å². The number of amides is 3. The van der Waals surface area contributed by atoms with Gasteiger partial charge in [0.2, 0.25) is 5.91 Å². The molecule has 0 aliphatic heterocycles. The molecule has 206 valence electrons. The Morgan fingerprint density at radius 2 is 1.34 bits per heavy atom. The predicted octanol–water partition coefficient (Wildman–Crippen LogP) is 5.66. The van der Waals surface area contributed by atoms with E-state index in [1.807, 2.05) is 0 Å². The van der Waals surface area contributed by atoms with Gasteiger partial charge in [-0.3, -0.25) is 14.4 Å². The van der Waals surface area contributed by atoms with Crippen molar-refractivity contribution in [2.75, 3.05) is 16.4 Å². The van der Waals surface area contributed by atoms with E-state index in [1.165, 1.54) is 60.3 Å². The van der Waals surface area contributed by atoms with Gasteiger partial charge in [-0.25, -0.2) is 9.18 Å². The van der Waals surface area contributed by atoms with Gasteiger partial charge in [-0.15, -0.1) is 11.8 Å². The first kappa shape index (κ1) is 28.8. The fraction of sp³-hybridized carbons (Fsp3) is 0.0323. The molecule has 4 rings (SSSR count). The summed E-state index contributed by atoms with van der Waals surface area (Å²) in [7, 11) is 0. The van der Waals surface area contributed by atoms with Crippen molar-refractivity contribution < 1.29 is 28.7 Å². The molecule has 10 heteroatoms. The van der Waals surface area contributed by atoms with Crippen molar-refractivity contribution in [2.45, 2.75) is 4.90 Å². The summed E-state index contributed by atoms with van der Waals surface area (Å²) in [5.41, 5.74) is 1.36. The van der Waals surface area contributed by atoms with Crippen molar-refractivity contribution in [2.24, 2.45) is 0 Å². The standard InChI is InChI=1S/C31H24FN3O5S/c32-26-9-5-4-8-22(26)18-27(35-29(37)20-6-2-1-3-7-20)30(38)34-24-14-16-25(17-15-24)41-19-28(36)33-23-12-10-21(11-13-23)31(39)40/h1-18H,19H2,(H,33,36)(H,34,38)(H,35,37)(H,39,40)/b27-18-. The fourth-order valence-electron chi connectivity index (χ4n) is 3.57. The Bertz CT molecular complexity index is 1590. The molecule has 4 aromatic carbocycles. The molecule has 0 atom stereocenters. The zero-order valence-corrected chi connectivity index (χ0v) is 22.3. The minimum atomic E-state index is -1.05. The van der Waals surface area contributed by atoms with Gasteiger partial charge in [0.05, 0.1) is 11.3 Å². The summed E-state index contributed by atoms with van der Waals surface area (Å²) < 4.78 is 14.3. The van der Waals surface area contributed by atoms with Crippen LogP contribution in [0, 0.1) is 5.82 Å². The van der Waals surface area contributed by atoms with Crippen LogP contribution in [0.4, 0.5) is 15.8 Å². The molecule has 0 unspecified atom stereocenters. The van der Waals surface area contributed by atoms with Crippen LogP contribution in [0.3, 0.4) is 0 Å². The van der Waals surface area contributed by atoms with Gasteiger partial charge < -0.3 is 21.1 Å². The maximum Gasteiger partial charge on any atom is 0.335 e. The van der Waals surface area contributed by atoms with E-state index in [0.717, 1.165) is 4.90 Å². The molecule has 0 radical (unpaired) electrons. The number of nitrogens with one attached hydrogen (secondary N) is 3. The maximum absolute atomic E-state index is 14.3. The van der Waals surface area contributed by atoms with Crippen LogP contribution >= 0.6 is 11.8 Å². The minimum Gasteiger partial charge on any atom is -0.478 e. The topological polar surface area (TPSA) is 125 Å². The van der Waals surface area contributed by atoms with Gasteiger partial charge in [0.25, 0.3) is 11.8 Å². The van der Waals surface area contributed by atoms with Crippen LogP contribution in [0.25, 0.3) is 6.08 Å². The molecule has 41 heavy (non-hydrogen) atoms. The number of carbonyl (C=O) groups excluding carboxylic acids is 3. The quantitative estimate of drug-likeness (QED) is 0.144. The molecule has 8 nitrogen and oxygen atoms in total. The highest BCUT2D eigenvalue weighted by molar-refractivity contribution is 8.00. The SMILES string of the molecule is O=C(CSc1ccc(NC(=O)/C(=C/c2ccccc2F)NC(=O)c2ccccc2)cc1)Nc1ccc(C(=O)O)cc1. The first-order valence-corrected chi connectivity index (χ1v) is 13.3. The summed E-state index contributed by atoms with van der Waals surface area (Å²) in [5, 5.41) is 16.9. The Balaban J connectivity index is 1.38. The van der Waals surface area contributed by atoms with Gasteiger partial charge >= 0.3 is 5.97 Å². The molecule has 0 aliphatic carbocycles. The highest BCUT2D eigenvalue weighted by Gasteiger charge is 2.16. The van der Waals surface area contributed by atoms with E-state index in [4.69, 9.17) is 5.11 Å². The first-order chi connectivity index (χ1) is 19.8. The number of anilines is 2. The summed E-state index contributed by atoms with van der Waals surface area (Å²) in [4.78, 5) is 49.8. The Kier molecular flexibility index (Phi) is 9.63. The van der Waals surface area contributed by atoms with Crippen molar-refractivity contribution in [3.63, 3.8) is 0 Å². The predicted molar refractivity (Wildman–Crippen MR) is 156 cm³/mol. The molecule has 0 saturated heterocycles. The molecular formula is C31H24FN3O5S. The van der Waals surface area contributed by atoms with Gasteiger partial charge in [0, 0.05) is 27.4 Å². The van der Waals surface area contributed by atoms with Gasteiger partial charge in [-0.2, -0.15) is 0 Å². The third-order valence-electron chi connectivity index (χ3n) is 5.63. The van der Waals surface area contributed by atoms with E-state index in [-0.39, 0.29) is 28.5 Å². The van der Waals surface area contributed by atoms with E-state index < -0.39 is 23.6 Å². The van der Waals surface area contributed by atoms with Crippen LogP contribution in [0.5, 0.6) is 0 Å². The Labute approximate surface area is 239 Å². The second-order valence-corrected chi connectivity index (χ2v) is 9.65. The molecule has 0 saturated carbocycles. The van der Waals surface area contributed by atoms with E-state index in [0.29, 0.717) is 16.9 Å². The summed E-state index contributed by atoms with van der Waals surface area (Å²) in [6, 6.07) is 26.8. The molecule has 0 fully saturated rings. The normalized spacial score (nSPS) is 10.9. The third-order valence-corrected chi connectivity index (χ3v) is 6.64. The van der Waals surface area contributed by atoms with Crippen LogP contribution in [0.1, 0.15) is 26.3 Å². The van der Waals surface area contributed by atoms with E-state index in [1.54, 1.807) is 60.7 Å². The smallest absolute Gasteiger partial charge is 0.335 e. The lowest BCUT2D eigenvalue weighted by Crippen LogP contribution is -2.30. The second kappa shape index (κ2) is 13.7. The molecule has 4 N–H and O–H groups in total. The van der Waals surface area contributed by atoms with E-state index in [2.05, 4.69) is 16.0 Å². The molecule has 0 aromatic heterocycles. The average Bonchev–Trinajstić information content (AvgIpc) is 2.98. The molecule has 0 spiro atoms. The molecule has 3 amide bonds. The van der Waals surface area contributed by atoms with Crippen molar-refractivity contribution in [3.8, 4) is 0 Å². The number of benzene rings is 4. The lowest BCUT2D eigenvalue weighted by molar-refractivity contribution is -0.114. The second-order valence-electron chi connectivity index (χ2n) is 8.60. The number of halogens is 1. The monoisotopic (exact) mass is 569 g/mol. The number of hydrogen-bond donors (Lipinski definition) is 4. The largest absolute Gasteiger partial charge is 0.478 e. The van der Waals surface area contributed by atoms with E-state index in [9.17, 15) is 23.6 Å². The average molecular weight is 570 g/mol. The number of thioether (sulfide) groups is 1. The van der Waals surface area contributed by atoms with E-state index >= 15 is 0 Å². The van der Waals surface area contributed by atoms with Gasteiger partial charge in [0.15, 0.2) is 0 Å². The van der Waals surface area contributed by atoms with Crippen molar-refractivity contribution in [1.29, 1.82) is 0 Å². The number of carboxylic acid groups (broad SMARTS) is 1. The van der Waals surface area contributed by atoms with Gasteiger partial charge in [0.1, 0.15) is 11.5 Å². The zero-order chi connectivity index (χ0) is 29.2. The summed E-state index contributed by atoms with van der Waals surface area (Å²) in [5.74, 6) is -2.93. The lowest BCUT2D eigenvalue weighted by Gasteiger charge is -2.12. The Hall–Kier alpha value is -5.22. The molecule has 0 aliphatic rings. The highest BCUT2D eigenvalue weighted by Crippen LogP contribution is 2.22. The zero-order valence-electron chi connectivity index (χ0n) is 21.5. The number of carbonyl (C=O) groups is 4. The van der Waals surface area contributed by atoms with Crippen molar-refractivity contribution in [1.82, 2.24) is 5.32 Å². The highest BCUT2D eigenvalue weighted by atomic mass is 32.2. The Morgan fingerprint density at radius 3 is 2.00 bits per heavy atom. The number of carboxylic acids is 1. The van der Waals surface area contributed by atoms with Crippen LogP contribution in [-0.2, 0) is 9.59 Å². The molecular weight excluding hydrogens is 545 g/mol. The third kappa shape index (κ3) is 8.38. The number of hydrogen-bond acceptors (Lipinski definition) is 5. The molecule has 4 aromatic rings. The first-order valence-electron chi connectivity index (χ1n) is 12.3. The fourth-order valence-corrected chi connectivity index (χ4v) is 4.26. The van der Waals surface area contributed by atoms with Crippen molar-refractivity contribution >= 4 is 52.9 Å². The summed E-state index contributed by atoms with van der Waals surface area (Å²) in [6.07, 6.45) is 1.27. The number of aromatic carboxylic acids is 1. The number of rotatable bonds is 10. The molecule has 0 heterocycles. The lowest BCUT2D eigenvalue weighted by atomic mass is 10.1. The maximum atomic E-state index is 14.3. The van der Waals surface area contributed by atoms with Crippen LogP contribution in [0.15, 0.2) is 114 Å². The summed E-state index contributed by atoms with van der Waals surface area (Å²) in [6.45, 7) is 0.